The van der Waals surface area contributed by atoms with Crippen molar-refractivity contribution < 1.29 is 13.2 Å². The van der Waals surface area contributed by atoms with E-state index in [0.717, 1.165) is 19.5 Å². The highest BCUT2D eigenvalue weighted by Gasteiger charge is 2.34. The van der Waals surface area contributed by atoms with Crippen LogP contribution in [0.1, 0.15) is 11.3 Å². The first-order chi connectivity index (χ1) is 14.0. The highest BCUT2D eigenvalue weighted by molar-refractivity contribution is 7.99. The smallest absolute Gasteiger partial charge is 0.233 e. The number of amides is 1. The minimum absolute atomic E-state index is 0.0708. The Labute approximate surface area is 178 Å². The third kappa shape index (κ3) is 5.36. The maximum atomic E-state index is 12.6. The number of sulfone groups is 1. The van der Waals surface area contributed by atoms with Crippen molar-refractivity contribution in [3.8, 4) is 0 Å². The van der Waals surface area contributed by atoms with Crippen LogP contribution in [0.2, 0.25) is 0 Å². The maximum absolute atomic E-state index is 12.6. The van der Waals surface area contributed by atoms with Crippen LogP contribution in [0.4, 0.5) is 0 Å². The molecule has 0 saturated carbocycles. The lowest BCUT2D eigenvalue weighted by Crippen LogP contribution is -2.52. The van der Waals surface area contributed by atoms with E-state index in [1.54, 1.807) is 16.0 Å². The average molecular weight is 457 g/mol. The summed E-state index contributed by atoms with van der Waals surface area (Å²) >= 11 is 3.07. The summed E-state index contributed by atoms with van der Waals surface area (Å²) in [5.41, 5.74) is 0. The first kappa shape index (κ1) is 20.8. The molecule has 0 aliphatic carbocycles. The Hall–Kier alpha value is -1.50. The third-order valence-corrected chi connectivity index (χ3v) is 8.99. The first-order valence-corrected chi connectivity index (χ1v) is 13.3. The van der Waals surface area contributed by atoms with Crippen LogP contribution in [-0.2, 0) is 27.6 Å². The van der Waals surface area contributed by atoms with Crippen molar-refractivity contribution in [2.75, 3.05) is 43.4 Å². The number of hydrogen-bond acceptors (Lipinski definition) is 9. The Morgan fingerprint density at radius 2 is 2.10 bits per heavy atom. The standard InChI is InChI=1S/C17H24N6O3S3/c24-16(22-8-6-21(7-9-22)14-4-11-29(25,26)13-14)12-28-17-18-19-20-23(17)5-3-15-2-1-10-27-15/h1-2,10,14H,3-9,11-13H2. The Kier molecular flexibility index (Phi) is 6.52. The quantitative estimate of drug-likeness (QED) is 0.552. The molecule has 1 atom stereocenters. The Balaban J connectivity index is 1.22. The van der Waals surface area contributed by atoms with Gasteiger partial charge in [0.25, 0.3) is 0 Å². The van der Waals surface area contributed by atoms with Gasteiger partial charge in [0, 0.05) is 43.5 Å². The topological polar surface area (TPSA) is 101 Å². The Morgan fingerprint density at radius 1 is 1.28 bits per heavy atom. The van der Waals surface area contributed by atoms with E-state index in [-0.39, 0.29) is 23.5 Å². The molecule has 2 aliphatic heterocycles. The molecular formula is C17H24N6O3S3. The van der Waals surface area contributed by atoms with Crippen LogP contribution >= 0.6 is 23.1 Å². The van der Waals surface area contributed by atoms with Crippen molar-refractivity contribution in [3.05, 3.63) is 22.4 Å². The molecular weight excluding hydrogens is 432 g/mol. The molecule has 2 fully saturated rings. The van der Waals surface area contributed by atoms with Gasteiger partial charge in [-0.1, -0.05) is 17.8 Å². The number of hydrogen-bond donors (Lipinski definition) is 0. The summed E-state index contributed by atoms with van der Waals surface area (Å²) in [6.45, 7) is 3.43. The SMILES string of the molecule is O=C(CSc1nnnn1CCc1cccs1)N1CCN(C2CCS(=O)(=O)C2)CC1. The zero-order chi connectivity index (χ0) is 20.3. The third-order valence-electron chi connectivity index (χ3n) is 5.37. The number of rotatable bonds is 7. The second-order valence-corrected chi connectivity index (χ2v) is 11.5. The zero-order valence-electron chi connectivity index (χ0n) is 16.0. The largest absolute Gasteiger partial charge is 0.339 e. The van der Waals surface area contributed by atoms with Gasteiger partial charge in [-0.15, -0.1) is 16.4 Å². The van der Waals surface area contributed by atoms with Gasteiger partial charge in [-0.2, -0.15) is 0 Å². The number of nitrogens with zero attached hydrogens (tertiary/aromatic N) is 6. The normalized spacial score (nSPS) is 22.2. The van der Waals surface area contributed by atoms with E-state index in [4.69, 9.17) is 0 Å². The van der Waals surface area contributed by atoms with Crippen molar-refractivity contribution in [2.45, 2.75) is 30.6 Å². The minimum Gasteiger partial charge on any atom is -0.339 e. The van der Waals surface area contributed by atoms with Gasteiger partial charge in [-0.05, 0) is 28.3 Å². The molecule has 12 heteroatoms. The molecule has 9 nitrogen and oxygen atoms in total. The molecule has 0 bridgehead atoms. The number of thiophene rings is 1. The van der Waals surface area contributed by atoms with Crippen LogP contribution in [-0.4, -0.2) is 93.8 Å². The summed E-state index contributed by atoms with van der Waals surface area (Å²) in [6.07, 6.45) is 1.57. The molecule has 158 valence electrons. The lowest BCUT2D eigenvalue weighted by molar-refractivity contribution is -0.130. The number of carbonyl (C=O) groups excluding carboxylic acids is 1. The summed E-state index contributed by atoms with van der Waals surface area (Å²) in [4.78, 5) is 17.9. The van der Waals surface area contributed by atoms with Gasteiger partial charge < -0.3 is 4.90 Å². The van der Waals surface area contributed by atoms with E-state index in [0.29, 0.717) is 37.0 Å². The summed E-state index contributed by atoms with van der Waals surface area (Å²) in [7, 11) is -2.88. The molecule has 0 spiro atoms. The lowest BCUT2D eigenvalue weighted by Gasteiger charge is -2.37. The summed E-state index contributed by atoms with van der Waals surface area (Å²) in [5, 5.41) is 14.5. The van der Waals surface area contributed by atoms with Gasteiger partial charge >= 0.3 is 0 Å². The maximum Gasteiger partial charge on any atom is 0.233 e. The molecule has 29 heavy (non-hydrogen) atoms. The number of tetrazole rings is 1. The number of carbonyl (C=O) groups is 1. The van der Waals surface area contributed by atoms with Crippen LogP contribution in [0.15, 0.2) is 22.7 Å². The molecule has 0 N–H and O–H groups in total. The summed E-state index contributed by atoms with van der Waals surface area (Å²) < 4.78 is 25.1. The molecule has 1 unspecified atom stereocenters. The first-order valence-electron chi connectivity index (χ1n) is 9.64. The lowest BCUT2D eigenvalue weighted by atomic mass is 10.2. The van der Waals surface area contributed by atoms with Crippen LogP contribution in [0, 0.1) is 0 Å². The van der Waals surface area contributed by atoms with Crippen molar-refractivity contribution in [1.82, 2.24) is 30.0 Å². The van der Waals surface area contributed by atoms with Gasteiger partial charge in [0.15, 0.2) is 9.84 Å². The van der Waals surface area contributed by atoms with E-state index in [1.165, 1.54) is 16.6 Å². The van der Waals surface area contributed by atoms with Crippen LogP contribution < -0.4 is 0 Å². The van der Waals surface area contributed by atoms with Gasteiger partial charge in [0.1, 0.15) is 0 Å². The van der Waals surface area contributed by atoms with E-state index >= 15 is 0 Å². The molecule has 2 aliphatic rings. The highest BCUT2D eigenvalue weighted by atomic mass is 32.2. The number of aryl methyl sites for hydroxylation is 2. The molecule has 2 saturated heterocycles. The van der Waals surface area contributed by atoms with Crippen molar-refractivity contribution in [2.24, 2.45) is 0 Å². The average Bonchev–Trinajstić information content (AvgIpc) is 3.45. The Bertz CT molecular complexity index is 922. The Morgan fingerprint density at radius 3 is 2.79 bits per heavy atom. The number of aromatic nitrogens is 4. The molecule has 2 aromatic heterocycles. The van der Waals surface area contributed by atoms with E-state index in [9.17, 15) is 13.2 Å². The van der Waals surface area contributed by atoms with Crippen LogP contribution in [0.3, 0.4) is 0 Å². The second-order valence-electron chi connectivity index (χ2n) is 7.28. The van der Waals surface area contributed by atoms with Gasteiger partial charge in [0.2, 0.25) is 11.1 Å². The van der Waals surface area contributed by atoms with Crippen molar-refractivity contribution in [1.29, 1.82) is 0 Å². The molecule has 2 aromatic rings. The molecule has 4 rings (SSSR count). The minimum atomic E-state index is -2.88. The van der Waals surface area contributed by atoms with E-state index < -0.39 is 9.84 Å². The number of thioether (sulfide) groups is 1. The van der Waals surface area contributed by atoms with Crippen molar-refractivity contribution >= 4 is 38.8 Å². The highest BCUT2D eigenvalue weighted by Crippen LogP contribution is 2.20. The van der Waals surface area contributed by atoms with E-state index in [2.05, 4.69) is 31.9 Å². The summed E-state index contributed by atoms with van der Waals surface area (Å²) in [6, 6.07) is 4.23. The van der Waals surface area contributed by atoms with Gasteiger partial charge in [-0.3, -0.25) is 9.69 Å². The molecule has 0 aromatic carbocycles. The fourth-order valence-corrected chi connectivity index (χ4v) is 6.99. The molecule has 1 amide bonds. The summed E-state index contributed by atoms with van der Waals surface area (Å²) in [5.74, 6) is 0.915. The zero-order valence-corrected chi connectivity index (χ0v) is 18.5. The monoisotopic (exact) mass is 456 g/mol. The van der Waals surface area contributed by atoms with E-state index in [1.807, 2.05) is 11.0 Å². The fraction of sp³-hybridized carbons (Fsp3) is 0.647. The predicted molar refractivity (Wildman–Crippen MR) is 112 cm³/mol. The van der Waals surface area contributed by atoms with Gasteiger partial charge in [-0.25, -0.2) is 13.1 Å². The molecule has 0 radical (unpaired) electrons. The van der Waals surface area contributed by atoms with Gasteiger partial charge in [0.05, 0.1) is 23.8 Å². The second kappa shape index (κ2) is 9.11. The molecule has 4 heterocycles. The predicted octanol–water partition coefficient (Wildman–Crippen LogP) is 0.401. The number of piperazine rings is 1. The van der Waals surface area contributed by atoms with Crippen LogP contribution in [0.25, 0.3) is 0 Å². The fourth-order valence-electron chi connectivity index (χ4n) is 3.73. The van der Waals surface area contributed by atoms with Crippen molar-refractivity contribution in [3.63, 3.8) is 0 Å². The van der Waals surface area contributed by atoms with Crippen LogP contribution in [0.5, 0.6) is 0 Å².